The molecule has 2 aliphatic rings. The summed E-state index contributed by atoms with van der Waals surface area (Å²) in [7, 11) is 0. The molecule has 7 heteroatoms. The number of nitrogens with one attached hydrogen (secondary N) is 2. The van der Waals surface area contributed by atoms with Gasteiger partial charge in [-0.2, -0.15) is 0 Å². The molecule has 1 unspecified atom stereocenters. The number of hydrogen-bond donors (Lipinski definition) is 2. The van der Waals surface area contributed by atoms with Crippen LogP contribution in [0.2, 0.25) is 0 Å². The molecular formula is C17H24ClN3O3. The molecule has 1 aromatic rings. The molecule has 0 aromatic heterocycles. The van der Waals surface area contributed by atoms with Crippen LogP contribution in [0.4, 0.5) is 5.69 Å². The predicted molar refractivity (Wildman–Crippen MR) is 94.7 cm³/mol. The molecule has 24 heavy (non-hydrogen) atoms. The lowest BCUT2D eigenvalue weighted by atomic mass is 10.1. The van der Waals surface area contributed by atoms with Crippen LogP contribution in [0.15, 0.2) is 24.3 Å². The van der Waals surface area contributed by atoms with Crippen molar-refractivity contribution in [2.24, 2.45) is 0 Å². The van der Waals surface area contributed by atoms with E-state index in [2.05, 4.69) is 10.6 Å². The summed E-state index contributed by atoms with van der Waals surface area (Å²) in [4.78, 5) is 26.1. The third-order valence-corrected chi connectivity index (χ3v) is 4.23. The van der Waals surface area contributed by atoms with E-state index in [1.54, 1.807) is 24.3 Å². The molecule has 0 bridgehead atoms. The molecule has 3 rings (SSSR count). The number of carbonyl (C=O) groups excluding carboxylic acids is 2. The minimum Gasteiger partial charge on any atom is -0.375 e. The SMILES string of the molecule is Cl.O=C(CC1CNCCO1)Nc1ccc(C(=O)N2CCCC2)cc1. The Balaban J connectivity index is 0.00000208. The molecule has 2 N–H and O–H groups in total. The molecule has 0 spiro atoms. The van der Waals surface area contributed by atoms with E-state index < -0.39 is 0 Å². The van der Waals surface area contributed by atoms with Crippen LogP contribution in [0.1, 0.15) is 29.6 Å². The van der Waals surface area contributed by atoms with Crippen molar-refractivity contribution in [2.45, 2.75) is 25.4 Å². The van der Waals surface area contributed by atoms with E-state index in [1.165, 1.54) is 0 Å². The van der Waals surface area contributed by atoms with Crippen molar-refractivity contribution in [3.63, 3.8) is 0 Å². The first-order valence-electron chi connectivity index (χ1n) is 8.24. The van der Waals surface area contributed by atoms with Crippen LogP contribution in [-0.4, -0.2) is 55.6 Å². The second-order valence-electron chi connectivity index (χ2n) is 6.03. The molecule has 2 saturated heterocycles. The molecular weight excluding hydrogens is 330 g/mol. The van der Waals surface area contributed by atoms with Gasteiger partial charge in [-0.05, 0) is 37.1 Å². The zero-order valence-electron chi connectivity index (χ0n) is 13.6. The molecule has 1 aromatic carbocycles. The Morgan fingerprint density at radius 1 is 1.21 bits per heavy atom. The van der Waals surface area contributed by atoms with Crippen LogP contribution in [0.3, 0.4) is 0 Å². The van der Waals surface area contributed by atoms with Crippen molar-refractivity contribution < 1.29 is 14.3 Å². The Bertz CT molecular complexity index is 553. The molecule has 2 aliphatic heterocycles. The van der Waals surface area contributed by atoms with E-state index in [9.17, 15) is 9.59 Å². The van der Waals surface area contributed by atoms with Crippen LogP contribution >= 0.6 is 12.4 Å². The van der Waals surface area contributed by atoms with Crippen molar-refractivity contribution >= 4 is 29.9 Å². The predicted octanol–water partition coefficient (Wildman–Crippen LogP) is 1.66. The van der Waals surface area contributed by atoms with E-state index in [0.29, 0.717) is 30.8 Å². The summed E-state index contributed by atoms with van der Waals surface area (Å²) in [6, 6.07) is 7.10. The zero-order chi connectivity index (χ0) is 16.1. The molecule has 6 nitrogen and oxygen atoms in total. The number of carbonyl (C=O) groups is 2. The summed E-state index contributed by atoms with van der Waals surface area (Å²) < 4.78 is 5.52. The molecule has 0 aliphatic carbocycles. The highest BCUT2D eigenvalue weighted by Crippen LogP contribution is 2.16. The van der Waals surface area contributed by atoms with Crippen molar-refractivity contribution in [2.75, 3.05) is 38.1 Å². The quantitative estimate of drug-likeness (QED) is 0.863. The molecule has 2 heterocycles. The minimum atomic E-state index is -0.0719. The zero-order valence-corrected chi connectivity index (χ0v) is 14.4. The summed E-state index contributed by atoms with van der Waals surface area (Å²) in [5, 5.41) is 6.06. The minimum absolute atomic E-state index is 0. The first kappa shape index (κ1) is 18.7. The number of nitrogens with zero attached hydrogens (tertiary/aromatic N) is 1. The maximum absolute atomic E-state index is 12.3. The molecule has 0 saturated carbocycles. The van der Waals surface area contributed by atoms with E-state index in [0.717, 1.165) is 32.5 Å². The van der Waals surface area contributed by atoms with Gasteiger partial charge in [0.25, 0.3) is 5.91 Å². The van der Waals surface area contributed by atoms with Gasteiger partial charge in [-0.1, -0.05) is 0 Å². The first-order valence-corrected chi connectivity index (χ1v) is 8.24. The lowest BCUT2D eigenvalue weighted by Gasteiger charge is -2.23. The number of morpholine rings is 1. The smallest absolute Gasteiger partial charge is 0.253 e. The van der Waals surface area contributed by atoms with E-state index >= 15 is 0 Å². The normalized spacial score (nSPS) is 20.3. The van der Waals surface area contributed by atoms with Crippen LogP contribution in [-0.2, 0) is 9.53 Å². The number of ether oxygens (including phenoxy) is 1. The number of benzene rings is 1. The number of halogens is 1. The number of hydrogen-bond acceptors (Lipinski definition) is 4. The van der Waals surface area contributed by atoms with Gasteiger partial charge in [0.1, 0.15) is 0 Å². The fourth-order valence-corrected chi connectivity index (χ4v) is 2.97. The largest absolute Gasteiger partial charge is 0.375 e. The third kappa shape index (κ3) is 4.93. The average molecular weight is 354 g/mol. The number of anilines is 1. The summed E-state index contributed by atoms with van der Waals surface area (Å²) in [5.41, 5.74) is 1.38. The van der Waals surface area contributed by atoms with Gasteiger partial charge < -0.3 is 20.3 Å². The van der Waals surface area contributed by atoms with Crippen LogP contribution < -0.4 is 10.6 Å². The molecule has 132 valence electrons. The highest BCUT2D eigenvalue weighted by Gasteiger charge is 2.20. The second-order valence-corrected chi connectivity index (χ2v) is 6.03. The third-order valence-electron chi connectivity index (χ3n) is 4.23. The van der Waals surface area contributed by atoms with Gasteiger partial charge in [-0.25, -0.2) is 0 Å². The number of rotatable bonds is 4. The van der Waals surface area contributed by atoms with Crippen LogP contribution in [0.25, 0.3) is 0 Å². The van der Waals surface area contributed by atoms with Crippen molar-refractivity contribution in [1.82, 2.24) is 10.2 Å². The Kier molecular flexibility index (Phi) is 7.02. The fraction of sp³-hybridized carbons (Fsp3) is 0.529. The molecule has 0 radical (unpaired) electrons. The van der Waals surface area contributed by atoms with Crippen LogP contribution in [0, 0.1) is 0 Å². The Morgan fingerprint density at radius 2 is 1.92 bits per heavy atom. The van der Waals surface area contributed by atoms with Crippen molar-refractivity contribution in [3.05, 3.63) is 29.8 Å². The summed E-state index contributed by atoms with van der Waals surface area (Å²) in [5.74, 6) is -0.000578. The lowest BCUT2D eigenvalue weighted by Crippen LogP contribution is -2.40. The second kappa shape index (κ2) is 9.01. The summed E-state index contributed by atoms with van der Waals surface area (Å²) in [6.45, 7) is 3.87. The maximum atomic E-state index is 12.3. The van der Waals surface area contributed by atoms with E-state index in [-0.39, 0.29) is 30.3 Å². The Labute approximate surface area is 148 Å². The molecule has 2 amide bonds. The summed E-state index contributed by atoms with van der Waals surface area (Å²) in [6.07, 6.45) is 2.43. The highest BCUT2D eigenvalue weighted by molar-refractivity contribution is 5.96. The molecule has 2 fully saturated rings. The van der Waals surface area contributed by atoms with Gasteiger partial charge in [0.2, 0.25) is 5.91 Å². The van der Waals surface area contributed by atoms with Crippen LogP contribution in [0.5, 0.6) is 0 Å². The monoisotopic (exact) mass is 353 g/mol. The van der Waals surface area contributed by atoms with Gasteiger partial charge >= 0.3 is 0 Å². The standard InChI is InChI=1S/C17H23N3O3.ClH/c21-16(11-15-12-18-7-10-23-15)19-14-5-3-13(4-6-14)17(22)20-8-1-2-9-20;/h3-6,15,18H,1-2,7-12H2,(H,19,21);1H. The fourth-order valence-electron chi connectivity index (χ4n) is 2.97. The highest BCUT2D eigenvalue weighted by atomic mass is 35.5. The Morgan fingerprint density at radius 3 is 2.54 bits per heavy atom. The van der Waals surface area contributed by atoms with Gasteiger partial charge in [0, 0.05) is 37.4 Å². The number of likely N-dealkylation sites (tertiary alicyclic amines) is 1. The number of amides is 2. The topological polar surface area (TPSA) is 70.7 Å². The van der Waals surface area contributed by atoms with Gasteiger partial charge in [0.05, 0.1) is 19.1 Å². The van der Waals surface area contributed by atoms with Crippen molar-refractivity contribution in [3.8, 4) is 0 Å². The van der Waals surface area contributed by atoms with Gasteiger partial charge in [-0.3, -0.25) is 9.59 Å². The first-order chi connectivity index (χ1) is 11.2. The molecule has 1 atom stereocenters. The van der Waals surface area contributed by atoms with Gasteiger partial charge in [-0.15, -0.1) is 12.4 Å². The van der Waals surface area contributed by atoms with E-state index in [1.807, 2.05) is 4.90 Å². The summed E-state index contributed by atoms with van der Waals surface area (Å²) >= 11 is 0. The average Bonchev–Trinajstić information content (AvgIpc) is 3.10. The Hall–Kier alpha value is -1.63. The van der Waals surface area contributed by atoms with Gasteiger partial charge in [0.15, 0.2) is 0 Å². The lowest BCUT2D eigenvalue weighted by molar-refractivity contribution is -0.119. The van der Waals surface area contributed by atoms with E-state index in [4.69, 9.17) is 4.74 Å². The maximum Gasteiger partial charge on any atom is 0.253 e. The van der Waals surface area contributed by atoms with Crippen molar-refractivity contribution in [1.29, 1.82) is 0 Å².